The van der Waals surface area contributed by atoms with Crippen molar-refractivity contribution in [2.24, 2.45) is 17.4 Å². The maximum atomic E-state index is 12.5. The molecular weight excluding hydrogens is 338 g/mol. The van der Waals surface area contributed by atoms with Gasteiger partial charge in [-0.05, 0) is 31.9 Å². The number of carbonyl (C=O) groups excluding carboxylic acids is 1. The Balaban J connectivity index is 1.86. The third kappa shape index (κ3) is 5.84. The number of ether oxygens (including phenoxy) is 2. The average molecular weight is 365 g/mol. The molecule has 1 aliphatic rings. The van der Waals surface area contributed by atoms with Gasteiger partial charge in [-0.3, -0.25) is 14.9 Å². The van der Waals surface area contributed by atoms with Crippen LogP contribution in [0.3, 0.4) is 0 Å². The largest absolute Gasteiger partial charge is 0.353 e. The normalized spacial score (nSPS) is 21.3. The van der Waals surface area contributed by atoms with Gasteiger partial charge in [-0.2, -0.15) is 0 Å². The molecule has 1 heterocycles. The van der Waals surface area contributed by atoms with Crippen molar-refractivity contribution in [1.82, 2.24) is 0 Å². The number of rotatable bonds is 10. The predicted molar refractivity (Wildman–Crippen MR) is 96.2 cm³/mol. The molecule has 0 aliphatic carbocycles. The fourth-order valence-electron chi connectivity index (χ4n) is 3.08. The van der Waals surface area contributed by atoms with Gasteiger partial charge in [-0.15, -0.1) is 0 Å². The van der Waals surface area contributed by atoms with Crippen LogP contribution in [0.1, 0.15) is 37.7 Å². The van der Waals surface area contributed by atoms with Crippen LogP contribution >= 0.6 is 0 Å². The van der Waals surface area contributed by atoms with Crippen LogP contribution in [0.4, 0.5) is 5.69 Å². The Bertz CT molecular complexity index is 610. The van der Waals surface area contributed by atoms with Gasteiger partial charge in [0.25, 0.3) is 5.69 Å². The Morgan fingerprint density at radius 1 is 1.38 bits per heavy atom. The van der Waals surface area contributed by atoms with E-state index in [1.807, 2.05) is 0 Å². The van der Waals surface area contributed by atoms with Crippen LogP contribution in [-0.2, 0) is 20.9 Å². The monoisotopic (exact) mass is 365 g/mol. The molecule has 8 nitrogen and oxygen atoms in total. The summed E-state index contributed by atoms with van der Waals surface area (Å²) in [7, 11) is 0. The Labute approximate surface area is 153 Å². The van der Waals surface area contributed by atoms with E-state index in [1.54, 1.807) is 18.2 Å². The molecule has 1 fully saturated rings. The zero-order chi connectivity index (χ0) is 18.9. The second-order valence-corrected chi connectivity index (χ2v) is 6.51. The van der Waals surface area contributed by atoms with Crippen LogP contribution in [-0.4, -0.2) is 36.2 Å². The van der Waals surface area contributed by atoms with E-state index in [1.165, 1.54) is 6.07 Å². The van der Waals surface area contributed by atoms with Crippen LogP contribution in [0.5, 0.6) is 0 Å². The van der Waals surface area contributed by atoms with Crippen molar-refractivity contribution in [2.75, 3.05) is 13.2 Å². The number of hydrogen-bond donors (Lipinski definition) is 2. The number of hydrogen-bond acceptors (Lipinski definition) is 7. The van der Waals surface area contributed by atoms with Crippen LogP contribution in [0.25, 0.3) is 0 Å². The summed E-state index contributed by atoms with van der Waals surface area (Å²) in [4.78, 5) is 23.1. The molecule has 8 heteroatoms. The molecule has 3 atom stereocenters. The minimum absolute atomic E-state index is 0.0119. The van der Waals surface area contributed by atoms with Gasteiger partial charge in [0.15, 0.2) is 12.1 Å². The molecule has 1 aliphatic heterocycles. The van der Waals surface area contributed by atoms with E-state index in [9.17, 15) is 14.9 Å². The van der Waals surface area contributed by atoms with Crippen molar-refractivity contribution in [3.05, 3.63) is 39.9 Å². The minimum Gasteiger partial charge on any atom is -0.353 e. The SMILES string of the molecule is NCCCC[C@H](N)C(=O)C1CCOC(OCc2ccccc2[N+](=O)[O-])C1. The third-order valence-electron chi connectivity index (χ3n) is 4.60. The maximum absolute atomic E-state index is 12.5. The van der Waals surface area contributed by atoms with Crippen molar-refractivity contribution in [3.63, 3.8) is 0 Å². The summed E-state index contributed by atoms with van der Waals surface area (Å²) in [6.45, 7) is 1.07. The standard InChI is InChI=1S/C18H27N3O5/c19-9-4-3-6-15(20)18(22)13-8-10-25-17(11-13)26-12-14-5-1-2-7-16(14)21(23)24/h1-2,5,7,13,15,17H,3-4,6,8-12,19-20H2/t13?,15-,17?/m0/s1. The third-order valence-corrected chi connectivity index (χ3v) is 4.60. The summed E-state index contributed by atoms with van der Waals surface area (Å²) in [5.74, 6) is -0.169. The van der Waals surface area contributed by atoms with Gasteiger partial charge in [-0.1, -0.05) is 18.6 Å². The molecule has 0 amide bonds. The quantitative estimate of drug-likeness (QED) is 0.368. The van der Waals surface area contributed by atoms with Crippen LogP contribution in [0.15, 0.2) is 24.3 Å². The molecule has 0 spiro atoms. The summed E-state index contributed by atoms with van der Waals surface area (Å²) < 4.78 is 11.2. The molecule has 0 radical (unpaired) electrons. The van der Waals surface area contributed by atoms with Gasteiger partial charge in [-0.25, -0.2) is 0 Å². The molecule has 0 bridgehead atoms. The molecule has 26 heavy (non-hydrogen) atoms. The summed E-state index contributed by atoms with van der Waals surface area (Å²) in [6.07, 6.45) is 2.81. The molecular formula is C18H27N3O5. The van der Waals surface area contributed by atoms with E-state index in [2.05, 4.69) is 0 Å². The first-order valence-corrected chi connectivity index (χ1v) is 8.97. The van der Waals surface area contributed by atoms with E-state index in [0.29, 0.717) is 38.0 Å². The molecule has 1 aromatic rings. The number of para-hydroxylation sites is 1. The molecule has 0 saturated carbocycles. The van der Waals surface area contributed by atoms with E-state index >= 15 is 0 Å². The van der Waals surface area contributed by atoms with Crippen LogP contribution in [0.2, 0.25) is 0 Å². The lowest BCUT2D eigenvalue weighted by Gasteiger charge is -2.30. The lowest BCUT2D eigenvalue weighted by atomic mass is 9.89. The van der Waals surface area contributed by atoms with Crippen molar-refractivity contribution in [3.8, 4) is 0 Å². The molecule has 0 aromatic heterocycles. The van der Waals surface area contributed by atoms with Crippen molar-refractivity contribution in [2.45, 2.75) is 51.0 Å². The molecule has 2 rings (SSSR count). The molecule has 1 aromatic carbocycles. The van der Waals surface area contributed by atoms with Gasteiger partial charge in [0, 0.05) is 18.4 Å². The molecule has 1 saturated heterocycles. The first-order chi connectivity index (χ1) is 12.5. The highest BCUT2D eigenvalue weighted by Gasteiger charge is 2.31. The Hall–Kier alpha value is -1.87. The number of carbonyl (C=O) groups is 1. The number of nitrogens with two attached hydrogens (primary N) is 2. The van der Waals surface area contributed by atoms with E-state index in [4.69, 9.17) is 20.9 Å². The number of Topliss-reactive ketones (excluding diaryl/α,β-unsaturated/α-hetero) is 1. The van der Waals surface area contributed by atoms with Gasteiger partial charge in [0.1, 0.15) is 0 Å². The fraction of sp³-hybridized carbons (Fsp3) is 0.611. The van der Waals surface area contributed by atoms with Crippen LogP contribution < -0.4 is 11.5 Å². The molecule has 144 valence electrons. The highest BCUT2D eigenvalue weighted by atomic mass is 16.7. The number of nitro benzene ring substituents is 1. The number of nitrogens with zero attached hydrogens (tertiary/aromatic N) is 1. The zero-order valence-corrected chi connectivity index (χ0v) is 14.8. The highest BCUT2D eigenvalue weighted by molar-refractivity contribution is 5.86. The first-order valence-electron chi connectivity index (χ1n) is 8.97. The number of ketones is 1. The number of nitro groups is 1. The van der Waals surface area contributed by atoms with Gasteiger partial charge in [0.05, 0.1) is 29.7 Å². The Kier molecular flexibility index (Phi) is 8.11. The van der Waals surface area contributed by atoms with Gasteiger partial charge in [0.2, 0.25) is 0 Å². The van der Waals surface area contributed by atoms with Crippen molar-refractivity contribution >= 4 is 11.5 Å². The van der Waals surface area contributed by atoms with Crippen molar-refractivity contribution in [1.29, 1.82) is 0 Å². The smallest absolute Gasteiger partial charge is 0.274 e. The first kappa shape index (κ1) is 20.4. The van der Waals surface area contributed by atoms with E-state index in [-0.39, 0.29) is 24.0 Å². The summed E-state index contributed by atoms with van der Waals surface area (Å²) in [5, 5.41) is 11.0. The second kappa shape index (κ2) is 10.3. The predicted octanol–water partition coefficient (Wildman–Crippen LogP) is 1.89. The summed E-state index contributed by atoms with van der Waals surface area (Å²) in [5.41, 5.74) is 12.0. The molecule has 4 N–H and O–H groups in total. The number of unbranched alkanes of at least 4 members (excludes halogenated alkanes) is 1. The summed E-state index contributed by atoms with van der Waals surface area (Å²) >= 11 is 0. The topological polar surface area (TPSA) is 131 Å². The number of benzene rings is 1. The van der Waals surface area contributed by atoms with E-state index in [0.717, 1.165) is 12.8 Å². The minimum atomic E-state index is -0.561. The van der Waals surface area contributed by atoms with E-state index < -0.39 is 17.3 Å². The Morgan fingerprint density at radius 2 is 2.15 bits per heavy atom. The van der Waals surface area contributed by atoms with Gasteiger partial charge < -0.3 is 20.9 Å². The van der Waals surface area contributed by atoms with Crippen molar-refractivity contribution < 1.29 is 19.2 Å². The summed E-state index contributed by atoms with van der Waals surface area (Å²) in [6, 6.07) is 5.93. The van der Waals surface area contributed by atoms with Gasteiger partial charge >= 0.3 is 0 Å². The lowest BCUT2D eigenvalue weighted by Crippen LogP contribution is -2.40. The molecule has 2 unspecified atom stereocenters. The highest BCUT2D eigenvalue weighted by Crippen LogP contribution is 2.26. The zero-order valence-electron chi connectivity index (χ0n) is 14.8. The Morgan fingerprint density at radius 3 is 2.88 bits per heavy atom. The van der Waals surface area contributed by atoms with Crippen LogP contribution in [0, 0.1) is 16.0 Å². The lowest BCUT2D eigenvalue weighted by molar-refractivity contribution is -0.386. The fourth-order valence-corrected chi connectivity index (χ4v) is 3.08. The maximum Gasteiger partial charge on any atom is 0.274 e. The second-order valence-electron chi connectivity index (χ2n) is 6.51. The average Bonchev–Trinajstić information content (AvgIpc) is 2.66.